The van der Waals surface area contributed by atoms with E-state index in [1.165, 1.54) is 19.2 Å². The highest BCUT2D eigenvalue weighted by molar-refractivity contribution is 7.89. The zero-order chi connectivity index (χ0) is 26.8. The maximum absolute atomic E-state index is 13.2. The number of methoxy groups -OCH3 is 1. The largest absolute Gasteiger partial charge is 0.490 e. The molecule has 0 fully saturated rings. The summed E-state index contributed by atoms with van der Waals surface area (Å²) in [5.41, 5.74) is -2.38. The predicted molar refractivity (Wildman–Crippen MR) is 119 cm³/mol. The normalized spacial score (nSPS) is 13.4. The lowest BCUT2D eigenvalue weighted by molar-refractivity contribution is -0.385. The van der Waals surface area contributed by atoms with Crippen molar-refractivity contribution < 1.29 is 40.8 Å². The Bertz CT molecular complexity index is 1210. The maximum Gasteiger partial charge on any atom is 0.416 e. The SMILES string of the molecule is COc1ccc(C[C@@H](C(=O)OC(C)(C)C)N(C)S(=O)(=O)c2cccc(C(F)(F)F)c2)cc1[N+](=O)[O-]. The third-order valence-corrected chi connectivity index (χ3v) is 6.69. The summed E-state index contributed by atoms with van der Waals surface area (Å²) >= 11 is 0. The lowest BCUT2D eigenvalue weighted by Gasteiger charge is -2.29. The highest BCUT2D eigenvalue weighted by atomic mass is 32.2. The Morgan fingerprint density at radius 3 is 2.29 bits per heavy atom. The highest BCUT2D eigenvalue weighted by Crippen LogP contribution is 2.32. The molecular formula is C22H25F3N2O7S. The number of sulfonamides is 1. The van der Waals surface area contributed by atoms with E-state index in [1.54, 1.807) is 20.8 Å². The Hall–Kier alpha value is -3.19. The van der Waals surface area contributed by atoms with Crippen LogP contribution in [-0.4, -0.2) is 49.4 Å². The van der Waals surface area contributed by atoms with Crippen molar-refractivity contribution in [1.82, 2.24) is 4.31 Å². The fraction of sp³-hybridized carbons (Fsp3) is 0.409. The number of rotatable bonds is 8. The number of hydrogen-bond acceptors (Lipinski definition) is 7. The first-order valence-corrected chi connectivity index (χ1v) is 11.6. The first-order chi connectivity index (χ1) is 16.0. The fourth-order valence-electron chi connectivity index (χ4n) is 3.13. The molecule has 2 aromatic rings. The first-order valence-electron chi connectivity index (χ1n) is 10.2. The molecular weight excluding hydrogens is 493 g/mol. The molecule has 0 N–H and O–H groups in total. The Kier molecular flexibility index (Phi) is 8.17. The third kappa shape index (κ3) is 6.92. The minimum Gasteiger partial charge on any atom is -0.490 e. The molecule has 2 rings (SSSR count). The van der Waals surface area contributed by atoms with Gasteiger partial charge in [0, 0.05) is 13.1 Å². The molecule has 0 amide bonds. The number of nitro benzene ring substituents is 1. The van der Waals surface area contributed by atoms with Crippen molar-refractivity contribution in [2.24, 2.45) is 0 Å². The van der Waals surface area contributed by atoms with Crippen LogP contribution >= 0.6 is 0 Å². The summed E-state index contributed by atoms with van der Waals surface area (Å²) < 4.78 is 76.7. The van der Waals surface area contributed by atoms with Gasteiger partial charge in [0.1, 0.15) is 11.6 Å². The van der Waals surface area contributed by atoms with Crippen LogP contribution in [0.1, 0.15) is 31.9 Å². The molecule has 0 bridgehead atoms. The minimum absolute atomic E-state index is 0.0440. The number of carbonyl (C=O) groups excluding carboxylic acids is 1. The van der Waals surface area contributed by atoms with Crippen LogP contribution in [0.4, 0.5) is 18.9 Å². The molecule has 0 saturated carbocycles. The van der Waals surface area contributed by atoms with Gasteiger partial charge in [-0.15, -0.1) is 0 Å². The second-order valence-electron chi connectivity index (χ2n) is 8.56. The molecule has 2 aromatic carbocycles. The molecule has 0 aliphatic carbocycles. The number of ether oxygens (including phenoxy) is 2. The summed E-state index contributed by atoms with van der Waals surface area (Å²) in [5.74, 6) is -1.02. The van der Waals surface area contributed by atoms with Crippen LogP contribution in [0.5, 0.6) is 5.75 Å². The van der Waals surface area contributed by atoms with Crippen LogP contribution in [0.25, 0.3) is 0 Å². The minimum atomic E-state index is -4.78. The molecule has 192 valence electrons. The number of halogens is 3. The van der Waals surface area contributed by atoms with Gasteiger partial charge in [-0.05, 0) is 57.0 Å². The number of benzene rings is 2. The van der Waals surface area contributed by atoms with E-state index < -0.39 is 54.9 Å². The summed E-state index contributed by atoms with van der Waals surface area (Å²) in [6.07, 6.45) is -5.13. The van der Waals surface area contributed by atoms with Gasteiger partial charge in [0.15, 0.2) is 5.75 Å². The highest BCUT2D eigenvalue weighted by Gasteiger charge is 2.38. The smallest absolute Gasteiger partial charge is 0.416 e. The Balaban J connectivity index is 2.54. The topological polar surface area (TPSA) is 116 Å². The number of alkyl halides is 3. The van der Waals surface area contributed by atoms with Gasteiger partial charge in [-0.25, -0.2) is 8.42 Å². The van der Waals surface area contributed by atoms with Crippen molar-refractivity contribution in [2.45, 2.75) is 49.9 Å². The summed E-state index contributed by atoms with van der Waals surface area (Å²) in [6, 6.07) is 5.40. The van der Waals surface area contributed by atoms with Gasteiger partial charge in [-0.2, -0.15) is 17.5 Å². The molecule has 0 aliphatic heterocycles. The van der Waals surface area contributed by atoms with E-state index >= 15 is 0 Å². The second-order valence-corrected chi connectivity index (χ2v) is 10.6. The number of nitro groups is 1. The molecule has 35 heavy (non-hydrogen) atoms. The van der Waals surface area contributed by atoms with Crippen molar-refractivity contribution in [2.75, 3.05) is 14.2 Å². The molecule has 0 aromatic heterocycles. The molecule has 9 nitrogen and oxygen atoms in total. The maximum atomic E-state index is 13.2. The average Bonchev–Trinajstić information content (AvgIpc) is 2.75. The van der Waals surface area contributed by atoms with Crippen LogP contribution in [0.3, 0.4) is 0 Å². The van der Waals surface area contributed by atoms with E-state index in [0.29, 0.717) is 10.4 Å². The van der Waals surface area contributed by atoms with Crippen molar-refractivity contribution in [3.05, 3.63) is 63.7 Å². The quantitative estimate of drug-likeness (QED) is 0.292. The first kappa shape index (κ1) is 28.1. The molecule has 0 saturated heterocycles. The van der Waals surface area contributed by atoms with E-state index in [4.69, 9.17) is 9.47 Å². The lowest BCUT2D eigenvalue weighted by Crippen LogP contribution is -2.46. The second kappa shape index (κ2) is 10.2. The standard InChI is InChI=1S/C22H25F3N2O7S/c1-21(2,3)34-20(28)18(12-14-9-10-19(33-5)17(11-14)27(29)30)26(4)35(31,32)16-8-6-7-15(13-16)22(23,24)25/h6-11,13,18H,12H2,1-5H3/t18-/m0/s1. The van der Waals surface area contributed by atoms with Crippen LogP contribution < -0.4 is 4.74 Å². The third-order valence-electron chi connectivity index (χ3n) is 4.83. The van der Waals surface area contributed by atoms with Gasteiger partial charge in [-0.3, -0.25) is 14.9 Å². The van der Waals surface area contributed by atoms with Gasteiger partial charge in [-0.1, -0.05) is 12.1 Å². The summed E-state index contributed by atoms with van der Waals surface area (Å²) in [5, 5.41) is 11.4. The Morgan fingerprint density at radius 1 is 1.14 bits per heavy atom. The fourth-order valence-corrected chi connectivity index (χ4v) is 4.48. The van der Waals surface area contributed by atoms with Crippen molar-refractivity contribution in [3.63, 3.8) is 0 Å². The van der Waals surface area contributed by atoms with Crippen molar-refractivity contribution >= 4 is 21.7 Å². The number of carbonyl (C=O) groups is 1. The predicted octanol–water partition coefficient (Wildman–Crippen LogP) is 4.20. The summed E-state index contributed by atoms with van der Waals surface area (Å²) in [4.78, 5) is 23.0. The summed E-state index contributed by atoms with van der Waals surface area (Å²) in [7, 11) is -2.34. The van der Waals surface area contributed by atoms with Gasteiger partial charge < -0.3 is 9.47 Å². The zero-order valence-electron chi connectivity index (χ0n) is 19.6. The van der Waals surface area contributed by atoms with Gasteiger partial charge in [0.05, 0.1) is 22.5 Å². The number of hydrogen-bond donors (Lipinski definition) is 0. The van der Waals surface area contributed by atoms with Crippen LogP contribution in [-0.2, 0) is 32.2 Å². The van der Waals surface area contributed by atoms with Gasteiger partial charge in [0.2, 0.25) is 10.0 Å². The Morgan fingerprint density at radius 2 is 1.77 bits per heavy atom. The number of likely N-dealkylation sites (N-methyl/N-ethyl adjacent to an activating group) is 1. The number of nitrogens with zero attached hydrogens (tertiary/aromatic N) is 2. The average molecular weight is 519 g/mol. The van der Waals surface area contributed by atoms with E-state index in [-0.39, 0.29) is 17.7 Å². The van der Waals surface area contributed by atoms with Crippen LogP contribution in [0.2, 0.25) is 0 Å². The van der Waals surface area contributed by atoms with E-state index in [0.717, 1.165) is 31.3 Å². The van der Waals surface area contributed by atoms with Crippen LogP contribution in [0.15, 0.2) is 47.4 Å². The van der Waals surface area contributed by atoms with Crippen molar-refractivity contribution in [3.8, 4) is 5.75 Å². The van der Waals surface area contributed by atoms with E-state index in [9.17, 15) is 36.5 Å². The molecule has 1 atom stereocenters. The number of esters is 1. The van der Waals surface area contributed by atoms with Gasteiger partial charge >= 0.3 is 17.8 Å². The molecule has 13 heteroatoms. The molecule has 0 heterocycles. The lowest BCUT2D eigenvalue weighted by atomic mass is 10.0. The van der Waals surface area contributed by atoms with Crippen LogP contribution in [0, 0.1) is 10.1 Å². The molecule has 0 spiro atoms. The van der Waals surface area contributed by atoms with E-state index in [1.807, 2.05) is 0 Å². The summed E-state index contributed by atoms with van der Waals surface area (Å²) in [6.45, 7) is 4.67. The van der Waals surface area contributed by atoms with Gasteiger partial charge in [0.25, 0.3) is 0 Å². The zero-order valence-corrected chi connectivity index (χ0v) is 20.4. The Labute approximate surface area is 200 Å². The molecule has 0 aliphatic rings. The monoisotopic (exact) mass is 518 g/mol. The van der Waals surface area contributed by atoms with Crippen molar-refractivity contribution in [1.29, 1.82) is 0 Å². The van der Waals surface area contributed by atoms with E-state index in [2.05, 4.69) is 0 Å². The molecule has 0 radical (unpaired) electrons. The molecule has 0 unspecified atom stereocenters.